The molecule has 2 heterocycles. The summed E-state index contributed by atoms with van der Waals surface area (Å²) in [6, 6.07) is 117. The van der Waals surface area contributed by atoms with Crippen molar-refractivity contribution in [2.24, 2.45) is 0 Å². The summed E-state index contributed by atoms with van der Waals surface area (Å²) >= 11 is 0. The average molecular weight is 1280 g/mol. The molecule has 0 fully saturated rings. The molecule has 0 spiro atoms. The van der Waals surface area contributed by atoms with Gasteiger partial charge in [-0.15, -0.1) is 0 Å². The monoisotopic (exact) mass is 1280 g/mol. The quantitative estimate of drug-likeness (QED) is 0.113. The Morgan fingerprint density at radius 1 is 0.242 bits per heavy atom. The van der Waals surface area contributed by atoms with E-state index >= 15 is 0 Å². The molecule has 2 aliphatic rings. The van der Waals surface area contributed by atoms with E-state index in [0.717, 1.165) is 90.5 Å². The molecule has 0 saturated heterocycles. The number of rotatable bonds is 12. The van der Waals surface area contributed by atoms with Crippen LogP contribution in [0.4, 0.5) is 68.2 Å². The predicted octanol–water partition coefficient (Wildman–Crippen LogP) is 24.6. The molecule has 0 aliphatic carbocycles. The molecule has 0 bridgehead atoms. The summed E-state index contributed by atoms with van der Waals surface area (Å²) < 4.78 is 0. The van der Waals surface area contributed by atoms with Crippen molar-refractivity contribution in [2.45, 2.75) is 105 Å². The molecule has 0 unspecified atom stereocenters. The van der Waals surface area contributed by atoms with Crippen LogP contribution in [0.5, 0.6) is 0 Å². The topological polar surface area (TPSA) is 13.0 Å². The maximum Gasteiger partial charge on any atom is 0.252 e. The van der Waals surface area contributed by atoms with E-state index in [4.69, 9.17) is 0 Å². The van der Waals surface area contributed by atoms with Crippen LogP contribution in [0.3, 0.4) is 0 Å². The molecular weight excluding hydrogens is 1200 g/mol. The second-order valence-corrected chi connectivity index (χ2v) is 31.1. The Morgan fingerprint density at radius 3 is 0.939 bits per heavy atom. The van der Waals surface area contributed by atoms with E-state index in [1.54, 1.807) is 0 Å². The first kappa shape index (κ1) is 64.1. The SMILES string of the molecule is CC(C)(C)c1ccc(-c2cc3c4c(c2)N(c2ccc(-c5ccccc5)cc2)c2cc(N(c5ccc(C(C)(C)C)cc5)c5ccccc5-c5ccccc5)ccc2B4c2ccc(N(c4ccc(C(C)(C)C)cc4)c4ccc(C(C)(C)C)cc4)cc2N3c2ccc(-c3ccccc3)cc2)cc1. The van der Waals surface area contributed by atoms with Crippen LogP contribution < -0.4 is 36.0 Å². The van der Waals surface area contributed by atoms with Crippen LogP contribution in [0.1, 0.15) is 105 Å². The van der Waals surface area contributed by atoms with Crippen LogP contribution in [-0.4, -0.2) is 6.71 Å². The molecule has 2 aliphatic heterocycles. The van der Waals surface area contributed by atoms with Crippen molar-refractivity contribution in [1.29, 1.82) is 0 Å². The van der Waals surface area contributed by atoms with Gasteiger partial charge in [0.15, 0.2) is 0 Å². The molecule has 5 heteroatoms. The second kappa shape index (κ2) is 25.2. The second-order valence-electron chi connectivity index (χ2n) is 31.1. The van der Waals surface area contributed by atoms with Gasteiger partial charge in [-0.25, -0.2) is 0 Å². The number of hydrogen-bond donors (Lipinski definition) is 0. The lowest BCUT2D eigenvalue weighted by molar-refractivity contribution is 0.590. The van der Waals surface area contributed by atoms with Crippen molar-refractivity contribution in [3.05, 3.63) is 332 Å². The van der Waals surface area contributed by atoms with E-state index in [2.05, 4.69) is 412 Å². The van der Waals surface area contributed by atoms with E-state index in [9.17, 15) is 0 Å². The minimum absolute atomic E-state index is 0.0132. The molecule has 0 aromatic heterocycles. The van der Waals surface area contributed by atoms with E-state index in [1.165, 1.54) is 60.9 Å². The van der Waals surface area contributed by atoms with Crippen LogP contribution in [0.2, 0.25) is 0 Å². The maximum absolute atomic E-state index is 2.58. The zero-order chi connectivity index (χ0) is 68.5. The van der Waals surface area contributed by atoms with Crippen molar-refractivity contribution in [1.82, 2.24) is 0 Å². The average Bonchev–Trinajstić information content (AvgIpc) is 0.694. The highest BCUT2D eigenvalue weighted by Gasteiger charge is 2.45. The molecule has 0 amide bonds. The van der Waals surface area contributed by atoms with Gasteiger partial charge in [0, 0.05) is 68.1 Å². The zero-order valence-corrected chi connectivity index (χ0v) is 59.3. The highest BCUT2D eigenvalue weighted by molar-refractivity contribution is 7.00. The largest absolute Gasteiger partial charge is 0.311 e. The number of anilines is 12. The van der Waals surface area contributed by atoms with Crippen LogP contribution in [0, 0.1) is 0 Å². The number of para-hydroxylation sites is 1. The molecule has 0 saturated carbocycles. The van der Waals surface area contributed by atoms with Gasteiger partial charge in [0.05, 0.1) is 5.69 Å². The molecule has 13 aromatic rings. The molecule has 486 valence electrons. The Hall–Kier alpha value is -10.9. The highest BCUT2D eigenvalue weighted by atomic mass is 15.2. The van der Waals surface area contributed by atoms with Gasteiger partial charge in [-0.2, -0.15) is 0 Å². The smallest absolute Gasteiger partial charge is 0.252 e. The first-order valence-electron chi connectivity index (χ1n) is 35.2. The van der Waals surface area contributed by atoms with E-state index in [-0.39, 0.29) is 28.4 Å². The van der Waals surface area contributed by atoms with E-state index < -0.39 is 0 Å². The minimum Gasteiger partial charge on any atom is -0.311 e. The summed E-state index contributed by atoms with van der Waals surface area (Å²) in [6.45, 7) is 27.4. The van der Waals surface area contributed by atoms with Gasteiger partial charge >= 0.3 is 0 Å². The predicted molar refractivity (Wildman–Crippen MR) is 426 cm³/mol. The maximum atomic E-state index is 2.58. The number of benzene rings is 13. The lowest BCUT2D eigenvalue weighted by Gasteiger charge is -2.45. The summed E-state index contributed by atoms with van der Waals surface area (Å²) in [7, 11) is 0. The summed E-state index contributed by atoms with van der Waals surface area (Å²) in [5, 5.41) is 0. The molecule has 4 nitrogen and oxygen atoms in total. The molecule has 0 radical (unpaired) electrons. The van der Waals surface area contributed by atoms with Crippen molar-refractivity contribution in [3.8, 4) is 44.5 Å². The van der Waals surface area contributed by atoms with Gasteiger partial charge in [0.1, 0.15) is 0 Å². The Balaban J connectivity index is 1.03. The standard InChI is InChI=1S/C94H87BN4/c1-91(2,3)71-38-32-68(33-39-71)70-60-88-90-89(61-70)99(79-48-36-67(37-49-79)65-26-18-14-19-27-65)87-63-81(97(77-54-44-74(45-55-77)94(10,11)12)85-31-23-22-30-82(85)69-28-20-15-21-29-69)57-59-84(87)95(90)83-58-56-80(62-86(83)98(88)78-46-34-66(35-47-78)64-24-16-13-17-25-64)96(75-50-40-72(41-51-75)92(4,5)6)76-52-42-73(43-53-76)93(7,8)9/h13-63H,1-12H3. The fraction of sp³-hybridized carbons (Fsp3) is 0.170. The lowest BCUT2D eigenvalue weighted by atomic mass is 9.33. The molecule has 0 atom stereocenters. The first-order valence-corrected chi connectivity index (χ1v) is 35.2. The molecule has 15 rings (SSSR count). The Bertz CT molecular complexity index is 5000. The van der Waals surface area contributed by atoms with Gasteiger partial charge in [-0.3, -0.25) is 0 Å². The third-order valence-electron chi connectivity index (χ3n) is 20.3. The summed E-state index contributed by atoms with van der Waals surface area (Å²) in [6.07, 6.45) is 0. The molecular formula is C94H87BN4. The lowest BCUT2D eigenvalue weighted by Crippen LogP contribution is -2.61. The number of nitrogens with zero attached hydrogens (tertiary/aromatic N) is 4. The summed E-state index contributed by atoms with van der Waals surface area (Å²) in [4.78, 5) is 10.1. The number of hydrogen-bond acceptors (Lipinski definition) is 4. The zero-order valence-electron chi connectivity index (χ0n) is 59.3. The van der Waals surface area contributed by atoms with Gasteiger partial charge in [0.2, 0.25) is 0 Å². The van der Waals surface area contributed by atoms with Crippen molar-refractivity contribution >= 4 is 91.3 Å². The van der Waals surface area contributed by atoms with E-state index in [0.29, 0.717) is 0 Å². The summed E-state index contributed by atoms with van der Waals surface area (Å²) in [5.74, 6) is 0. The molecule has 99 heavy (non-hydrogen) atoms. The third kappa shape index (κ3) is 12.3. The van der Waals surface area contributed by atoms with Crippen molar-refractivity contribution < 1.29 is 0 Å². The van der Waals surface area contributed by atoms with E-state index in [1.807, 2.05) is 0 Å². The highest BCUT2D eigenvalue weighted by Crippen LogP contribution is 2.51. The van der Waals surface area contributed by atoms with Gasteiger partial charge in [-0.05, 0) is 202 Å². The van der Waals surface area contributed by atoms with Crippen LogP contribution in [0.15, 0.2) is 309 Å². The number of fused-ring (bicyclic) bond motifs is 4. The van der Waals surface area contributed by atoms with Crippen molar-refractivity contribution in [3.63, 3.8) is 0 Å². The van der Waals surface area contributed by atoms with Gasteiger partial charge in [-0.1, -0.05) is 289 Å². The molecule has 0 N–H and O–H groups in total. The molecule has 13 aromatic carbocycles. The first-order chi connectivity index (χ1) is 47.6. The van der Waals surface area contributed by atoms with Gasteiger partial charge < -0.3 is 19.6 Å². The third-order valence-corrected chi connectivity index (χ3v) is 20.3. The Morgan fingerprint density at radius 2 is 0.545 bits per heavy atom. The normalized spacial score (nSPS) is 12.8. The Labute approximate surface area is 588 Å². The van der Waals surface area contributed by atoms with Crippen molar-refractivity contribution in [2.75, 3.05) is 19.6 Å². The van der Waals surface area contributed by atoms with Crippen LogP contribution in [0.25, 0.3) is 44.5 Å². The fourth-order valence-corrected chi connectivity index (χ4v) is 14.7. The fourth-order valence-electron chi connectivity index (χ4n) is 14.7. The van der Waals surface area contributed by atoms with Crippen LogP contribution in [-0.2, 0) is 21.7 Å². The van der Waals surface area contributed by atoms with Gasteiger partial charge in [0.25, 0.3) is 6.71 Å². The van der Waals surface area contributed by atoms with Crippen LogP contribution >= 0.6 is 0 Å². The Kier molecular flexibility index (Phi) is 16.3. The minimum atomic E-state index is -0.193. The summed E-state index contributed by atoms with van der Waals surface area (Å²) in [5.41, 5.74) is 31.3.